The van der Waals surface area contributed by atoms with E-state index in [1.54, 1.807) is 0 Å². The van der Waals surface area contributed by atoms with Crippen molar-refractivity contribution in [3.8, 4) is 0 Å². The van der Waals surface area contributed by atoms with Gasteiger partial charge in [-0.15, -0.1) is 23.7 Å². The molecular formula is C25H27ClN2O3S. The fourth-order valence-electron chi connectivity index (χ4n) is 3.93. The lowest BCUT2D eigenvalue weighted by Crippen LogP contribution is -2.29. The summed E-state index contributed by atoms with van der Waals surface area (Å²) in [4.78, 5) is 28.6. The second-order valence-electron chi connectivity index (χ2n) is 7.68. The summed E-state index contributed by atoms with van der Waals surface area (Å²) in [5.41, 5.74) is 3.92. The number of carbonyl (C=O) groups is 2. The molecule has 0 radical (unpaired) electrons. The summed E-state index contributed by atoms with van der Waals surface area (Å²) in [7, 11) is 1.39. The fourth-order valence-corrected chi connectivity index (χ4v) is 5.23. The van der Waals surface area contributed by atoms with Crippen LogP contribution in [0.5, 0.6) is 0 Å². The Morgan fingerprint density at radius 1 is 1.03 bits per heavy atom. The molecule has 0 fully saturated rings. The summed E-state index contributed by atoms with van der Waals surface area (Å²) in [6, 6.07) is 20.3. The number of methoxy groups -OCH3 is 1. The van der Waals surface area contributed by atoms with Crippen molar-refractivity contribution in [3.05, 3.63) is 87.8 Å². The van der Waals surface area contributed by atoms with E-state index < -0.39 is 0 Å². The summed E-state index contributed by atoms with van der Waals surface area (Å²) in [5, 5.41) is 3.59. The molecule has 0 saturated carbocycles. The van der Waals surface area contributed by atoms with E-state index in [2.05, 4.69) is 22.3 Å². The van der Waals surface area contributed by atoms with Crippen LogP contribution in [0.25, 0.3) is 0 Å². The minimum absolute atomic E-state index is 0. The molecule has 1 aliphatic rings. The van der Waals surface area contributed by atoms with Crippen molar-refractivity contribution < 1.29 is 14.3 Å². The Balaban J connectivity index is 0.00000289. The lowest BCUT2D eigenvalue weighted by Gasteiger charge is -2.27. The van der Waals surface area contributed by atoms with Crippen LogP contribution in [0.1, 0.15) is 38.3 Å². The van der Waals surface area contributed by atoms with Crippen LogP contribution in [-0.4, -0.2) is 30.4 Å². The van der Waals surface area contributed by atoms with Gasteiger partial charge in [0.15, 0.2) is 0 Å². The molecule has 0 spiro atoms. The molecule has 0 bridgehead atoms. The van der Waals surface area contributed by atoms with E-state index in [9.17, 15) is 9.59 Å². The maximum absolute atomic E-state index is 12.6. The number of esters is 1. The summed E-state index contributed by atoms with van der Waals surface area (Å²) >= 11 is 1.50. The van der Waals surface area contributed by atoms with Gasteiger partial charge in [0.25, 0.3) is 0 Å². The number of thiophene rings is 1. The van der Waals surface area contributed by atoms with Gasteiger partial charge in [-0.25, -0.2) is 4.79 Å². The Morgan fingerprint density at radius 3 is 2.34 bits per heavy atom. The van der Waals surface area contributed by atoms with E-state index in [0.717, 1.165) is 42.1 Å². The summed E-state index contributed by atoms with van der Waals surface area (Å²) in [5.74, 6) is -0.471. The zero-order chi connectivity index (χ0) is 21.6. The number of anilines is 1. The molecule has 1 aromatic heterocycles. The first-order chi connectivity index (χ1) is 15.1. The van der Waals surface area contributed by atoms with Crippen molar-refractivity contribution in [2.75, 3.05) is 19.0 Å². The maximum atomic E-state index is 12.6. The van der Waals surface area contributed by atoms with Gasteiger partial charge >= 0.3 is 5.97 Å². The van der Waals surface area contributed by atoms with Crippen molar-refractivity contribution in [2.45, 2.75) is 32.4 Å². The third-order valence-corrected chi connectivity index (χ3v) is 6.64. The van der Waals surface area contributed by atoms with Crippen LogP contribution in [-0.2, 0) is 35.5 Å². The molecule has 7 heteroatoms. The molecule has 0 aliphatic carbocycles. The minimum Gasteiger partial charge on any atom is -0.465 e. The molecule has 1 N–H and O–H groups in total. The quantitative estimate of drug-likeness (QED) is 0.489. The summed E-state index contributed by atoms with van der Waals surface area (Å²) in [6.07, 6.45) is 1.80. The monoisotopic (exact) mass is 470 g/mol. The summed E-state index contributed by atoms with van der Waals surface area (Å²) in [6.45, 7) is 2.49. The van der Waals surface area contributed by atoms with Gasteiger partial charge in [0.05, 0.1) is 12.7 Å². The Kier molecular flexibility index (Phi) is 8.45. The van der Waals surface area contributed by atoms with Crippen molar-refractivity contribution >= 4 is 40.6 Å². The van der Waals surface area contributed by atoms with E-state index in [0.29, 0.717) is 23.4 Å². The highest BCUT2D eigenvalue weighted by atomic mass is 35.5. The molecule has 1 aliphatic heterocycles. The maximum Gasteiger partial charge on any atom is 0.341 e. The Labute approximate surface area is 198 Å². The fraction of sp³-hybridized carbons (Fsp3) is 0.280. The van der Waals surface area contributed by atoms with Gasteiger partial charge in [-0.05, 0) is 29.5 Å². The molecule has 4 rings (SSSR count). The van der Waals surface area contributed by atoms with Crippen LogP contribution in [0, 0.1) is 0 Å². The first-order valence-electron chi connectivity index (χ1n) is 10.5. The average molecular weight is 471 g/mol. The third-order valence-electron chi connectivity index (χ3n) is 5.51. The topological polar surface area (TPSA) is 58.6 Å². The highest BCUT2D eigenvalue weighted by Crippen LogP contribution is 2.38. The Bertz CT molecular complexity index is 1050. The van der Waals surface area contributed by atoms with Gasteiger partial charge in [-0.3, -0.25) is 9.69 Å². The van der Waals surface area contributed by atoms with E-state index in [1.165, 1.54) is 24.0 Å². The van der Waals surface area contributed by atoms with Gasteiger partial charge in [0, 0.05) is 30.9 Å². The first-order valence-corrected chi connectivity index (χ1v) is 11.3. The van der Waals surface area contributed by atoms with Crippen molar-refractivity contribution in [3.63, 3.8) is 0 Å². The number of hydrogen-bond donors (Lipinski definition) is 1. The minimum atomic E-state index is -0.382. The number of nitrogens with one attached hydrogen (secondary N) is 1. The molecule has 2 heterocycles. The van der Waals surface area contributed by atoms with Gasteiger partial charge < -0.3 is 10.1 Å². The van der Waals surface area contributed by atoms with Gasteiger partial charge in [-0.2, -0.15) is 0 Å². The Hall–Kier alpha value is -2.67. The van der Waals surface area contributed by atoms with Crippen LogP contribution >= 0.6 is 23.7 Å². The lowest BCUT2D eigenvalue weighted by atomic mass is 10.0. The predicted octanol–water partition coefficient (Wildman–Crippen LogP) is 5.09. The SMILES string of the molecule is COC(=O)c1c(NC(=O)CCc2ccccc2)sc2c1CCN(Cc1ccccc1)C2.Cl. The molecule has 0 atom stereocenters. The van der Waals surface area contributed by atoms with Crippen LogP contribution in [0.2, 0.25) is 0 Å². The van der Waals surface area contributed by atoms with Gasteiger partial charge in [0.2, 0.25) is 5.91 Å². The highest BCUT2D eigenvalue weighted by molar-refractivity contribution is 7.17. The predicted molar refractivity (Wildman–Crippen MR) is 131 cm³/mol. The average Bonchev–Trinajstić information content (AvgIpc) is 3.15. The molecular weight excluding hydrogens is 444 g/mol. The van der Waals surface area contributed by atoms with Gasteiger partial charge in [-0.1, -0.05) is 60.7 Å². The van der Waals surface area contributed by atoms with Crippen LogP contribution in [0.4, 0.5) is 5.00 Å². The zero-order valence-corrected chi connectivity index (χ0v) is 19.6. The lowest BCUT2D eigenvalue weighted by molar-refractivity contribution is -0.116. The van der Waals surface area contributed by atoms with E-state index in [-0.39, 0.29) is 24.3 Å². The van der Waals surface area contributed by atoms with Crippen molar-refractivity contribution in [1.82, 2.24) is 4.90 Å². The standard InChI is InChI=1S/C25H26N2O3S.ClH/c1-30-25(29)23-20-14-15-27(16-19-10-6-3-7-11-19)17-21(20)31-24(23)26-22(28)13-12-18-8-4-2-5-9-18;/h2-11H,12-17H2,1H3,(H,26,28);1H. The zero-order valence-electron chi connectivity index (χ0n) is 18.0. The number of rotatable bonds is 7. The van der Waals surface area contributed by atoms with Crippen LogP contribution < -0.4 is 5.32 Å². The molecule has 0 unspecified atom stereocenters. The molecule has 3 aromatic rings. The van der Waals surface area contributed by atoms with E-state index in [4.69, 9.17) is 4.74 Å². The smallest absolute Gasteiger partial charge is 0.341 e. The van der Waals surface area contributed by atoms with E-state index in [1.807, 2.05) is 48.5 Å². The normalized spacial score (nSPS) is 13.0. The molecule has 168 valence electrons. The highest BCUT2D eigenvalue weighted by Gasteiger charge is 2.29. The molecule has 32 heavy (non-hydrogen) atoms. The number of ether oxygens (including phenoxy) is 1. The number of aryl methyl sites for hydroxylation is 1. The number of amides is 1. The second kappa shape index (κ2) is 11.3. The third kappa shape index (κ3) is 5.76. The van der Waals surface area contributed by atoms with Gasteiger partial charge in [0.1, 0.15) is 5.00 Å². The number of hydrogen-bond acceptors (Lipinski definition) is 5. The summed E-state index contributed by atoms with van der Waals surface area (Å²) < 4.78 is 5.04. The number of nitrogens with zero attached hydrogens (tertiary/aromatic N) is 1. The first kappa shape index (κ1) is 24.0. The van der Waals surface area contributed by atoms with Crippen LogP contribution in [0.3, 0.4) is 0 Å². The number of carbonyl (C=O) groups excluding carboxylic acids is 2. The number of benzene rings is 2. The van der Waals surface area contributed by atoms with Crippen LogP contribution in [0.15, 0.2) is 60.7 Å². The Morgan fingerprint density at radius 2 is 1.69 bits per heavy atom. The molecule has 2 aromatic carbocycles. The molecule has 0 saturated heterocycles. The number of fused-ring (bicyclic) bond motifs is 1. The van der Waals surface area contributed by atoms with Crippen molar-refractivity contribution in [1.29, 1.82) is 0 Å². The van der Waals surface area contributed by atoms with E-state index >= 15 is 0 Å². The molecule has 5 nitrogen and oxygen atoms in total. The van der Waals surface area contributed by atoms with Crippen molar-refractivity contribution in [2.24, 2.45) is 0 Å². The second-order valence-corrected chi connectivity index (χ2v) is 8.78. The molecule has 1 amide bonds. The number of halogens is 1. The largest absolute Gasteiger partial charge is 0.465 e.